The fourth-order valence-corrected chi connectivity index (χ4v) is 4.10. The summed E-state index contributed by atoms with van der Waals surface area (Å²) in [6, 6.07) is 16.3. The van der Waals surface area contributed by atoms with Crippen LogP contribution in [0.4, 0.5) is 0 Å². The number of fused-ring (bicyclic) bond motifs is 1. The van der Waals surface area contributed by atoms with E-state index in [0.29, 0.717) is 6.42 Å². The molecule has 4 heteroatoms. The third-order valence-corrected chi connectivity index (χ3v) is 5.69. The van der Waals surface area contributed by atoms with Gasteiger partial charge in [0.2, 0.25) is 5.91 Å². The average molecular weight is 381 g/mol. The SMILES string of the molecule is O=C(Cc1cn(Cc2ccc(Cl)cc2)c2ccccc12)N1CCCCCC1. The van der Waals surface area contributed by atoms with Crippen molar-refractivity contribution in [2.24, 2.45) is 0 Å². The second kappa shape index (κ2) is 8.18. The zero-order valence-corrected chi connectivity index (χ0v) is 16.3. The maximum atomic E-state index is 12.9. The molecule has 0 saturated carbocycles. The summed E-state index contributed by atoms with van der Waals surface area (Å²) in [4.78, 5) is 14.9. The first-order valence-electron chi connectivity index (χ1n) is 9.80. The molecule has 0 N–H and O–H groups in total. The molecule has 3 aromatic rings. The molecule has 1 saturated heterocycles. The summed E-state index contributed by atoms with van der Waals surface area (Å²) in [5.41, 5.74) is 3.49. The summed E-state index contributed by atoms with van der Waals surface area (Å²) < 4.78 is 2.24. The minimum atomic E-state index is 0.256. The summed E-state index contributed by atoms with van der Waals surface area (Å²) in [5, 5.41) is 1.93. The molecule has 3 nitrogen and oxygen atoms in total. The number of aromatic nitrogens is 1. The zero-order valence-electron chi connectivity index (χ0n) is 15.5. The first-order chi connectivity index (χ1) is 13.2. The van der Waals surface area contributed by atoms with E-state index in [9.17, 15) is 4.79 Å². The highest BCUT2D eigenvalue weighted by Crippen LogP contribution is 2.24. The molecule has 0 atom stereocenters. The van der Waals surface area contributed by atoms with Crippen LogP contribution >= 0.6 is 11.6 Å². The van der Waals surface area contributed by atoms with Crippen molar-refractivity contribution in [1.29, 1.82) is 0 Å². The Labute approximate surface area is 165 Å². The first-order valence-corrected chi connectivity index (χ1v) is 10.2. The molecule has 140 valence electrons. The second-order valence-corrected chi connectivity index (χ2v) is 7.83. The molecule has 1 aromatic heterocycles. The summed E-state index contributed by atoms with van der Waals surface area (Å²) in [7, 11) is 0. The van der Waals surface area contributed by atoms with E-state index in [4.69, 9.17) is 11.6 Å². The molecule has 0 bridgehead atoms. The van der Waals surface area contributed by atoms with Crippen LogP contribution in [0.5, 0.6) is 0 Å². The van der Waals surface area contributed by atoms with Crippen molar-refractivity contribution >= 4 is 28.4 Å². The molecule has 2 aromatic carbocycles. The predicted octanol–water partition coefficient (Wildman–Crippen LogP) is 5.29. The molecular weight excluding hydrogens is 356 g/mol. The standard InChI is InChI=1S/C23H25ClN2O/c24-20-11-9-18(10-12-20)16-26-17-19(21-7-3-4-8-22(21)26)15-23(27)25-13-5-1-2-6-14-25/h3-4,7-12,17H,1-2,5-6,13-16H2. The number of hydrogen-bond donors (Lipinski definition) is 0. The Hall–Kier alpha value is -2.26. The van der Waals surface area contributed by atoms with Gasteiger partial charge in [-0.05, 0) is 42.2 Å². The Morgan fingerprint density at radius 3 is 2.37 bits per heavy atom. The molecule has 0 radical (unpaired) electrons. The predicted molar refractivity (Wildman–Crippen MR) is 111 cm³/mol. The van der Waals surface area contributed by atoms with Crippen LogP contribution in [0, 0.1) is 0 Å². The van der Waals surface area contributed by atoms with Crippen LogP contribution in [0.25, 0.3) is 10.9 Å². The van der Waals surface area contributed by atoms with E-state index in [1.54, 1.807) is 0 Å². The molecule has 4 rings (SSSR count). The highest BCUT2D eigenvalue weighted by Gasteiger charge is 2.18. The maximum absolute atomic E-state index is 12.9. The molecule has 2 heterocycles. The number of carbonyl (C=O) groups excluding carboxylic acids is 1. The van der Waals surface area contributed by atoms with Crippen molar-refractivity contribution in [3.63, 3.8) is 0 Å². The van der Waals surface area contributed by atoms with Gasteiger partial charge in [0.15, 0.2) is 0 Å². The molecule has 1 fully saturated rings. The quantitative estimate of drug-likeness (QED) is 0.603. The lowest BCUT2D eigenvalue weighted by Crippen LogP contribution is -2.33. The van der Waals surface area contributed by atoms with Crippen molar-refractivity contribution in [2.75, 3.05) is 13.1 Å². The van der Waals surface area contributed by atoms with Gasteiger partial charge in [-0.25, -0.2) is 0 Å². The van der Waals surface area contributed by atoms with Gasteiger partial charge in [0.25, 0.3) is 0 Å². The van der Waals surface area contributed by atoms with E-state index in [-0.39, 0.29) is 5.91 Å². The molecule has 27 heavy (non-hydrogen) atoms. The van der Waals surface area contributed by atoms with Gasteiger partial charge in [-0.3, -0.25) is 4.79 Å². The topological polar surface area (TPSA) is 25.2 Å². The number of para-hydroxylation sites is 1. The Morgan fingerprint density at radius 2 is 1.63 bits per heavy atom. The third-order valence-electron chi connectivity index (χ3n) is 5.44. The van der Waals surface area contributed by atoms with Crippen LogP contribution in [0.1, 0.15) is 36.8 Å². The Kier molecular flexibility index (Phi) is 5.49. The molecule has 0 unspecified atom stereocenters. The minimum absolute atomic E-state index is 0.256. The zero-order chi connectivity index (χ0) is 18.6. The number of likely N-dealkylation sites (tertiary alicyclic amines) is 1. The average Bonchev–Trinajstić information content (AvgIpc) is 2.86. The monoisotopic (exact) mass is 380 g/mol. The van der Waals surface area contributed by atoms with Crippen molar-refractivity contribution in [1.82, 2.24) is 9.47 Å². The van der Waals surface area contributed by atoms with Crippen molar-refractivity contribution in [3.8, 4) is 0 Å². The molecule has 1 aliphatic rings. The number of nitrogens with zero attached hydrogens (tertiary/aromatic N) is 2. The fourth-order valence-electron chi connectivity index (χ4n) is 3.98. The fraction of sp³-hybridized carbons (Fsp3) is 0.348. The number of halogens is 1. The van der Waals surface area contributed by atoms with E-state index in [0.717, 1.165) is 43.1 Å². The minimum Gasteiger partial charge on any atom is -0.343 e. The number of hydrogen-bond acceptors (Lipinski definition) is 1. The van der Waals surface area contributed by atoms with E-state index in [1.807, 2.05) is 12.1 Å². The molecule has 1 amide bonds. The van der Waals surface area contributed by atoms with Crippen molar-refractivity contribution in [2.45, 2.75) is 38.6 Å². The lowest BCUT2D eigenvalue weighted by Gasteiger charge is -2.20. The lowest BCUT2D eigenvalue weighted by molar-refractivity contribution is -0.130. The van der Waals surface area contributed by atoms with Gasteiger partial charge in [0, 0.05) is 41.8 Å². The Bertz CT molecular complexity index is 921. The Morgan fingerprint density at radius 1 is 0.926 bits per heavy atom. The smallest absolute Gasteiger partial charge is 0.227 e. The highest BCUT2D eigenvalue weighted by molar-refractivity contribution is 6.30. The first kappa shape index (κ1) is 18.1. The van der Waals surface area contributed by atoms with Crippen molar-refractivity contribution in [3.05, 3.63) is 70.9 Å². The van der Waals surface area contributed by atoms with Gasteiger partial charge in [-0.2, -0.15) is 0 Å². The van der Waals surface area contributed by atoms with Crippen LogP contribution in [0.2, 0.25) is 5.02 Å². The summed E-state index contributed by atoms with van der Waals surface area (Å²) in [5.74, 6) is 0.256. The number of amides is 1. The van der Waals surface area contributed by atoms with Crippen LogP contribution in [-0.2, 0) is 17.8 Å². The van der Waals surface area contributed by atoms with Crippen LogP contribution in [-0.4, -0.2) is 28.5 Å². The van der Waals surface area contributed by atoms with E-state index >= 15 is 0 Å². The van der Waals surface area contributed by atoms with Crippen LogP contribution in [0.15, 0.2) is 54.7 Å². The highest BCUT2D eigenvalue weighted by atomic mass is 35.5. The van der Waals surface area contributed by atoms with Gasteiger partial charge in [-0.1, -0.05) is 54.8 Å². The van der Waals surface area contributed by atoms with Crippen molar-refractivity contribution < 1.29 is 4.79 Å². The largest absolute Gasteiger partial charge is 0.343 e. The summed E-state index contributed by atoms with van der Waals surface area (Å²) in [6.45, 7) is 2.58. The molecule has 1 aliphatic heterocycles. The molecule has 0 spiro atoms. The lowest BCUT2D eigenvalue weighted by atomic mass is 10.1. The maximum Gasteiger partial charge on any atom is 0.227 e. The van der Waals surface area contributed by atoms with Gasteiger partial charge < -0.3 is 9.47 Å². The van der Waals surface area contributed by atoms with E-state index in [1.165, 1.54) is 29.3 Å². The summed E-state index contributed by atoms with van der Waals surface area (Å²) >= 11 is 6.01. The van der Waals surface area contributed by atoms with Gasteiger partial charge in [0.1, 0.15) is 0 Å². The van der Waals surface area contributed by atoms with E-state index in [2.05, 4.69) is 52.1 Å². The Balaban J connectivity index is 1.59. The van der Waals surface area contributed by atoms with Crippen LogP contribution < -0.4 is 0 Å². The number of carbonyl (C=O) groups is 1. The van der Waals surface area contributed by atoms with Gasteiger partial charge in [-0.15, -0.1) is 0 Å². The number of rotatable bonds is 4. The molecule has 0 aliphatic carbocycles. The molecular formula is C23H25ClN2O. The van der Waals surface area contributed by atoms with Gasteiger partial charge >= 0.3 is 0 Å². The van der Waals surface area contributed by atoms with E-state index < -0.39 is 0 Å². The van der Waals surface area contributed by atoms with Gasteiger partial charge in [0.05, 0.1) is 6.42 Å². The summed E-state index contributed by atoms with van der Waals surface area (Å²) in [6.07, 6.45) is 7.37. The second-order valence-electron chi connectivity index (χ2n) is 7.40. The number of benzene rings is 2. The normalized spacial score (nSPS) is 15.1. The van der Waals surface area contributed by atoms with Crippen LogP contribution in [0.3, 0.4) is 0 Å². The third kappa shape index (κ3) is 4.19.